The molecule has 0 saturated heterocycles. The van der Waals surface area contributed by atoms with E-state index in [0.717, 1.165) is 11.8 Å². The molecule has 0 radical (unpaired) electrons. The molecule has 2 atom stereocenters. The Bertz CT molecular complexity index is 1180. The lowest BCUT2D eigenvalue weighted by molar-refractivity contribution is 0.293. The van der Waals surface area contributed by atoms with Crippen LogP contribution in [-0.2, 0) is 9.47 Å². The second-order valence-electron chi connectivity index (χ2n) is 9.90. The second kappa shape index (κ2) is 11.5. The summed E-state index contributed by atoms with van der Waals surface area (Å²) in [5.74, 6) is 1.92. The number of hydrogen-bond donors (Lipinski definition) is 0. The molecule has 2 heterocycles. The molecule has 4 heteroatoms. The van der Waals surface area contributed by atoms with Crippen LogP contribution >= 0.6 is 0 Å². The zero-order chi connectivity index (χ0) is 25.6. The van der Waals surface area contributed by atoms with Gasteiger partial charge >= 0.3 is 0 Å². The van der Waals surface area contributed by atoms with E-state index in [2.05, 4.69) is 121 Å². The fraction of sp³-hybridized carbons (Fsp3) is 0.235. The first-order chi connectivity index (χ1) is 18.8. The summed E-state index contributed by atoms with van der Waals surface area (Å²) in [5, 5.41) is 0. The molecule has 0 spiro atoms. The zero-order valence-electron chi connectivity index (χ0n) is 21.4. The van der Waals surface area contributed by atoms with Gasteiger partial charge in [-0.15, -0.1) is 0 Å². The number of ether oxygens (including phenoxy) is 2. The van der Waals surface area contributed by atoms with Gasteiger partial charge in [-0.1, -0.05) is 121 Å². The third kappa shape index (κ3) is 5.40. The molecular formula is C34H32N2O2. The summed E-state index contributed by atoms with van der Waals surface area (Å²) < 4.78 is 12.2. The minimum Gasteiger partial charge on any atom is -0.479 e. The highest BCUT2D eigenvalue weighted by atomic mass is 16.5. The van der Waals surface area contributed by atoms with Crippen molar-refractivity contribution in [3.05, 3.63) is 144 Å². The third-order valence-corrected chi connectivity index (χ3v) is 7.42. The van der Waals surface area contributed by atoms with E-state index < -0.39 is 0 Å². The van der Waals surface area contributed by atoms with Crippen LogP contribution in [0.5, 0.6) is 0 Å². The number of rotatable bonds is 9. The van der Waals surface area contributed by atoms with E-state index in [4.69, 9.17) is 19.5 Å². The molecule has 0 N–H and O–H groups in total. The van der Waals surface area contributed by atoms with Crippen LogP contribution in [0, 0.1) is 0 Å². The average molecular weight is 501 g/mol. The summed E-state index contributed by atoms with van der Waals surface area (Å²) in [7, 11) is 0. The van der Waals surface area contributed by atoms with Crippen LogP contribution in [0.4, 0.5) is 0 Å². The van der Waals surface area contributed by atoms with Crippen LogP contribution < -0.4 is 0 Å². The molecule has 2 aliphatic heterocycles. The van der Waals surface area contributed by atoms with Crippen LogP contribution in [0.1, 0.15) is 46.9 Å². The van der Waals surface area contributed by atoms with Crippen molar-refractivity contribution < 1.29 is 9.47 Å². The highest BCUT2D eigenvalue weighted by Crippen LogP contribution is 2.34. The zero-order valence-corrected chi connectivity index (χ0v) is 21.4. The van der Waals surface area contributed by atoms with Crippen molar-refractivity contribution in [3.63, 3.8) is 0 Å². The Kier molecular flexibility index (Phi) is 7.30. The Morgan fingerprint density at radius 3 is 1.05 bits per heavy atom. The smallest absolute Gasteiger partial charge is 0.184 e. The van der Waals surface area contributed by atoms with E-state index in [9.17, 15) is 0 Å². The van der Waals surface area contributed by atoms with E-state index in [1.165, 1.54) is 22.3 Å². The number of nitrogens with zero attached hydrogens (tertiary/aromatic N) is 2. The summed E-state index contributed by atoms with van der Waals surface area (Å²) in [6, 6.07) is 42.5. The van der Waals surface area contributed by atoms with Crippen molar-refractivity contribution in [3.8, 4) is 0 Å². The molecule has 38 heavy (non-hydrogen) atoms. The third-order valence-electron chi connectivity index (χ3n) is 7.42. The van der Waals surface area contributed by atoms with Gasteiger partial charge in [-0.05, 0) is 22.3 Å². The molecular weight excluding hydrogens is 468 g/mol. The number of hydrogen-bond acceptors (Lipinski definition) is 4. The fourth-order valence-electron chi connectivity index (χ4n) is 5.63. The summed E-state index contributed by atoms with van der Waals surface area (Å²) in [6.45, 7) is 1.17. The van der Waals surface area contributed by atoms with Crippen LogP contribution in [0.25, 0.3) is 0 Å². The van der Waals surface area contributed by atoms with E-state index in [1.807, 2.05) is 0 Å². The molecule has 4 nitrogen and oxygen atoms in total. The summed E-state index contributed by atoms with van der Waals surface area (Å²) in [4.78, 5) is 10.1. The molecule has 0 aromatic heterocycles. The van der Waals surface area contributed by atoms with Crippen molar-refractivity contribution in [1.29, 1.82) is 0 Å². The monoisotopic (exact) mass is 500 g/mol. The van der Waals surface area contributed by atoms with Gasteiger partial charge in [0.05, 0.1) is 12.1 Å². The van der Waals surface area contributed by atoms with Gasteiger partial charge in [-0.3, -0.25) is 0 Å². The maximum Gasteiger partial charge on any atom is 0.184 e. The highest BCUT2D eigenvalue weighted by molar-refractivity contribution is 5.85. The molecule has 0 saturated carbocycles. The number of benzene rings is 4. The molecule has 0 amide bonds. The van der Waals surface area contributed by atoms with E-state index in [1.54, 1.807) is 0 Å². The molecule has 190 valence electrons. The number of aliphatic imine (C=N–C) groups is 2. The lowest BCUT2D eigenvalue weighted by Gasteiger charge is -2.21. The van der Waals surface area contributed by atoms with Gasteiger partial charge in [0.25, 0.3) is 0 Å². The first-order valence-electron chi connectivity index (χ1n) is 13.4. The lowest BCUT2D eigenvalue weighted by atomic mass is 9.86. The maximum atomic E-state index is 6.10. The van der Waals surface area contributed by atoms with Crippen molar-refractivity contribution in [2.45, 2.75) is 36.8 Å². The van der Waals surface area contributed by atoms with Crippen LogP contribution in [0.15, 0.2) is 131 Å². The molecule has 2 aliphatic rings. The van der Waals surface area contributed by atoms with E-state index in [0.29, 0.717) is 26.1 Å². The average Bonchev–Trinajstić information content (AvgIpc) is 3.65. The predicted octanol–water partition coefficient (Wildman–Crippen LogP) is 7.03. The van der Waals surface area contributed by atoms with Crippen molar-refractivity contribution >= 4 is 11.8 Å². The standard InChI is InChI=1S/C34H32N2O2/c1-5-13-25(14-6-1)33(26-15-7-2-8-16-26)29-23-37-31(35-29)21-22-32-36-30(24-38-32)34(27-17-9-3-10-18-27)28-19-11-4-12-20-28/h1-20,29-30,33-34H,21-24H2/t29-,30-/m0/s1. The molecule has 0 unspecified atom stereocenters. The van der Waals surface area contributed by atoms with Crippen molar-refractivity contribution in [1.82, 2.24) is 0 Å². The van der Waals surface area contributed by atoms with Crippen molar-refractivity contribution in [2.24, 2.45) is 9.98 Å². The largest absolute Gasteiger partial charge is 0.479 e. The van der Waals surface area contributed by atoms with Crippen LogP contribution in [0.2, 0.25) is 0 Å². The normalized spacial score (nSPS) is 18.7. The topological polar surface area (TPSA) is 43.2 Å². The SMILES string of the molecule is c1ccc(C(c2ccccc2)[C@@H]2COC(CCC3=N[C@H](C(c4ccccc4)c4ccccc4)CO3)=N2)cc1. The van der Waals surface area contributed by atoms with Gasteiger partial charge < -0.3 is 9.47 Å². The highest BCUT2D eigenvalue weighted by Gasteiger charge is 2.32. The van der Waals surface area contributed by atoms with Crippen LogP contribution in [0.3, 0.4) is 0 Å². The van der Waals surface area contributed by atoms with Gasteiger partial charge in [-0.2, -0.15) is 0 Å². The molecule has 6 rings (SSSR count). The minimum absolute atomic E-state index is 0.0505. The second-order valence-corrected chi connectivity index (χ2v) is 9.90. The van der Waals surface area contributed by atoms with E-state index >= 15 is 0 Å². The first kappa shape index (κ1) is 24.2. The quantitative estimate of drug-likeness (QED) is 0.248. The van der Waals surface area contributed by atoms with Gasteiger partial charge in [0.15, 0.2) is 11.8 Å². The maximum absolute atomic E-state index is 6.10. The predicted molar refractivity (Wildman–Crippen MR) is 153 cm³/mol. The molecule has 4 aromatic rings. The minimum atomic E-state index is 0.0505. The molecule has 0 aliphatic carbocycles. The van der Waals surface area contributed by atoms with E-state index in [-0.39, 0.29) is 23.9 Å². The Hall–Kier alpha value is -4.18. The van der Waals surface area contributed by atoms with Crippen LogP contribution in [-0.4, -0.2) is 37.1 Å². The summed E-state index contributed by atoms with van der Waals surface area (Å²) >= 11 is 0. The first-order valence-corrected chi connectivity index (χ1v) is 13.4. The molecule has 0 fully saturated rings. The van der Waals surface area contributed by atoms with Crippen molar-refractivity contribution in [2.75, 3.05) is 13.2 Å². The Balaban J connectivity index is 1.16. The van der Waals surface area contributed by atoms with Gasteiger partial charge in [0, 0.05) is 24.7 Å². The lowest BCUT2D eigenvalue weighted by Crippen LogP contribution is -2.19. The summed E-state index contributed by atoms with van der Waals surface area (Å²) in [6.07, 6.45) is 1.39. The fourth-order valence-corrected chi connectivity index (χ4v) is 5.63. The van der Waals surface area contributed by atoms with Gasteiger partial charge in [0.2, 0.25) is 0 Å². The Morgan fingerprint density at radius 2 is 0.763 bits per heavy atom. The molecule has 4 aromatic carbocycles. The Labute approximate surface area is 224 Å². The summed E-state index contributed by atoms with van der Waals surface area (Å²) in [5.41, 5.74) is 5.04. The van der Waals surface area contributed by atoms with Gasteiger partial charge in [-0.25, -0.2) is 9.98 Å². The van der Waals surface area contributed by atoms with Gasteiger partial charge in [0.1, 0.15) is 13.2 Å². The Morgan fingerprint density at radius 1 is 0.474 bits per heavy atom. The molecule has 0 bridgehead atoms.